The van der Waals surface area contributed by atoms with Crippen LogP contribution in [0.5, 0.6) is 0 Å². The molecule has 0 radical (unpaired) electrons. The van der Waals surface area contributed by atoms with E-state index < -0.39 is 12.0 Å². The zero-order valence-electron chi connectivity index (χ0n) is 12.8. The van der Waals surface area contributed by atoms with E-state index in [4.69, 9.17) is 4.42 Å². The Morgan fingerprint density at radius 2 is 2.35 bits per heavy atom. The lowest BCUT2D eigenvalue weighted by Gasteiger charge is -2.35. The van der Waals surface area contributed by atoms with Crippen molar-refractivity contribution in [2.24, 2.45) is 5.92 Å². The largest absolute Gasteiger partial charge is 0.480 e. The second-order valence-corrected chi connectivity index (χ2v) is 6.76. The number of carboxylic acids is 1. The molecule has 1 aliphatic rings. The van der Waals surface area contributed by atoms with Crippen molar-refractivity contribution in [2.45, 2.75) is 32.2 Å². The summed E-state index contributed by atoms with van der Waals surface area (Å²) in [6, 6.07) is 1.09. The first-order valence-corrected chi connectivity index (χ1v) is 8.42. The molecule has 0 aliphatic carbocycles. The minimum absolute atomic E-state index is 0.131. The van der Waals surface area contributed by atoms with Crippen molar-refractivity contribution in [3.63, 3.8) is 0 Å². The van der Waals surface area contributed by atoms with Gasteiger partial charge in [0.1, 0.15) is 17.3 Å². The third kappa shape index (κ3) is 3.44. The molecule has 1 saturated heterocycles. The molecule has 122 valence electrons. The van der Waals surface area contributed by atoms with Crippen LogP contribution in [0.4, 0.5) is 0 Å². The molecule has 2 atom stereocenters. The fraction of sp³-hybridized carbons (Fsp3) is 0.438. The van der Waals surface area contributed by atoms with Crippen LogP contribution in [-0.4, -0.2) is 39.5 Å². The van der Waals surface area contributed by atoms with Gasteiger partial charge in [-0.1, -0.05) is 6.92 Å². The van der Waals surface area contributed by atoms with Crippen LogP contribution in [0.25, 0.3) is 10.6 Å². The van der Waals surface area contributed by atoms with E-state index in [1.54, 1.807) is 12.5 Å². The monoisotopic (exact) mass is 334 g/mol. The topological polar surface area (TPSA) is 83.6 Å². The maximum Gasteiger partial charge on any atom is 0.326 e. The molecule has 1 aliphatic heterocycles. The number of thiazole rings is 1. The standard InChI is InChI=1S/C16H18N2O4S/c1-10-2-4-18(13(6-10)16(20)21)14(19)7-12-9-23-15(17-12)11-3-5-22-8-11/h3,5,8-10,13H,2,4,6-7H2,1H3,(H,20,21). The van der Waals surface area contributed by atoms with Crippen LogP contribution in [0.2, 0.25) is 0 Å². The number of carbonyl (C=O) groups is 2. The van der Waals surface area contributed by atoms with Crippen LogP contribution >= 0.6 is 11.3 Å². The quantitative estimate of drug-likeness (QED) is 0.929. The predicted octanol–water partition coefficient (Wildman–Crippen LogP) is 2.66. The number of likely N-dealkylation sites (tertiary alicyclic amines) is 1. The molecule has 23 heavy (non-hydrogen) atoms. The van der Waals surface area contributed by atoms with Crippen LogP contribution in [-0.2, 0) is 16.0 Å². The van der Waals surface area contributed by atoms with Gasteiger partial charge in [-0.15, -0.1) is 11.3 Å². The molecule has 2 aromatic rings. The molecule has 0 bridgehead atoms. The third-order valence-electron chi connectivity index (χ3n) is 4.12. The highest BCUT2D eigenvalue weighted by atomic mass is 32.1. The summed E-state index contributed by atoms with van der Waals surface area (Å²) in [6.45, 7) is 2.52. The predicted molar refractivity (Wildman–Crippen MR) is 85.1 cm³/mol. The van der Waals surface area contributed by atoms with Crippen LogP contribution in [0.3, 0.4) is 0 Å². The van der Waals surface area contributed by atoms with Crippen LogP contribution in [0.1, 0.15) is 25.5 Å². The molecular weight excluding hydrogens is 316 g/mol. The number of piperidine rings is 1. The summed E-state index contributed by atoms with van der Waals surface area (Å²) in [7, 11) is 0. The normalized spacial score (nSPS) is 21.3. The number of amides is 1. The Morgan fingerprint density at radius 3 is 3.04 bits per heavy atom. The molecule has 1 amide bonds. The molecule has 0 spiro atoms. The Morgan fingerprint density at radius 1 is 1.52 bits per heavy atom. The van der Waals surface area contributed by atoms with E-state index in [9.17, 15) is 14.7 Å². The molecule has 6 nitrogen and oxygen atoms in total. The van der Waals surface area contributed by atoms with Gasteiger partial charge in [0.2, 0.25) is 5.91 Å². The molecule has 3 heterocycles. The fourth-order valence-corrected chi connectivity index (χ4v) is 3.64. The van der Waals surface area contributed by atoms with Crippen molar-refractivity contribution in [1.29, 1.82) is 0 Å². The molecule has 0 aromatic carbocycles. The van der Waals surface area contributed by atoms with Crippen molar-refractivity contribution in [1.82, 2.24) is 9.88 Å². The maximum atomic E-state index is 12.5. The number of rotatable bonds is 4. The van der Waals surface area contributed by atoms with E-state index in [-0.39, 0.29) is 12.3 Å². The van der Waals surface area contributed by atoms with E-state index >= 15 is 0 Å². The summed E-state index contributed by atoms with van der Waals surface area (Å²) >= 11 is 1.45. The summed E-state index contributed by atoms with van der Waals surface area (Å²) in [5.41, 5.74) is 1.54. The van der Waals surface area contributed by atoms with Gasteiger partial charge in [0.05, 0.1) is 18.4 Å². The second-order valence-electron chi connectivity index (χ2n) is 5.90. The fourth-order valence-electron chi connectivity index (χ4n) is 2.84. The highest BCUT2D eigenvalue weighted by Crippen LogP contribution is 2.26. The molecule has 1 N–H and O–H groups in total. The number of furan rings is 1. The van der Waals surface area contributed by atoms with Crippen molar-refractivity contribution >= 4 is 23.2 Å². The molecular formula is C16H18N2O4S. The number of aliphatic carboxylic acids is 1. The van der Waals surface area contributed by atoms with Crippen molar-refractivity contribution < 1.29 is 19.1 Å². The second kappa shape index (κ2) is 6.54. The third-order valence-corrected chi connectivity index (χ3v) is 5.06. The first-order valence-electron chi connectivity index (χ1n) is 7.54. The zero-order valence-corrected chi connectivity index (χ0v) is 13.6. The number of carboxylic acid groups (broad SMARTS) is 1. The first-order chi connectivity index (χ1) is 11.0. The van der Waals surface area contributed by atoms with E-state index in [1.807, 2.05) is 18.4 Å². The highest BCUT2D eigenvalue weighted by molar-refractivity contribution is 7.13. The van der Waals surface area contributed by atoms with Crippen LogP contribution < -0.4 is 0 Å². The Hall–Kier alpha value is -2.15. The number of aromatic nitrogens is 1. The molecule has 7 heteroatoms. The summed E-state index contributed by atoms with van der Waals surface area (Å²) < 4.78 is 5.03. The lowest BCUT2D eigenvalue weighted by Crippen LogP contribution is -2.50. The summed E-state index contributed by atoms with van der Waals surface area (Å²) in [6.07, 6.45) is 4.67. The summed E-state index contributed by atoms with van der Waals surface area (Å²) in [5, 5.41) is 12.0. The van der Waals surface area contributed by atoms with Crippen molar-refractivity contribution in [2.75, 3.05) is 6.54 Å². The number of hydrogen-bond donors (Lipinski definition) is 1. The van der Waals surface area contributed by atoms with E-state index in [0.29, 0.717) is 24.6 Å². The first kappa shape index (κ1) is 15.7. The van der Waals surface area contributed by atoms with Gasteiger partial charge >= 0.3 is 5.97 Å². The van der Waals surface area contributed by atoms with Crippen molar-refractivity contribution in [3.8, 4) is 10.6 Å². The number of carbonyl (C=O) groups excluding carboxylic acids is 1. The lowest BCUT2D eigenvalue weighted by atomic mass is 9.92. The van der Waals surface area contributed by atoms with Gasteiger partial charge in [0, 0.05) is 17.5 Å². The zero-order chi connectivity index (χ0) is 16.4. The molecule has 2 aromatic heterocycles. The van der Waals surface area contributed by atoms with Crippen molar-refractivity contribution in [3.05, 3.63) is 29.7 Å². The maximum absolute atomic E-state index is 12.5. The van der Waals surface area contributed by atoms with Gasteiger partial charge in [-0.2, -0.15) is 0 Å². The average molecular weight is 334 g/mol. The van der Waals surface area contributed by atoms with E-state index in [1.165, 1.54) is 16.2 Å². The molecule has 1 fully saturated rings. The van der Waals surface area contributed by atoms with Gasteiger partial charge in [0.25, 0.3) is 0 Å². The minimum atomic E-state index is -0.928. The van der Waals surface area contributed by atoms with Gasteiger partial charge in [-0.25, -0.2) is 9.78 Å². The molecule has 0 saturated carbocycles. The van der Waals surface area contributed by atoms with Gasteiger partial charge in [-0.05, 0) is 24.8 Å². The highest BCUT2D eigenvalue weighted by Gasteiger charge is 2.34. The number of hydrogen-bond acceptors (Lipinski definition) is 5. The summed E-state index contributed by atoms with van der Waals surface area (Å²) in [4.78, 5) is 29.8. The smallest absolute Gasteiger partial charge is 0.326 e. The van der Waals surface area contributed by atoms with Crippen LogP contribution in [0.15, 0.2) is 28.4 Å². The Bertz CT molecular complexity index is 695. The van der Waals surface area contributed by atoms with Gasteiger partial charge in [-0.3, -0.25) is 4.79 Å². The van der Waals surface area contributed by atoms with Gasteiger partial charge < -0.3 is 14.4 Å². The molecule has 2 unspecified atom stereocenters. The Labute approximate surface area is 137 Å². The van der Waals surface area contributed by atoms with Crippen LogP contribution in [0, 0.1) is 5.92 Å². The number of nitrogens with zero attached hydrogens (tertiary/aromatic N) is 2. The Balaban J connectivity index is 1.70. The summed E-state index contributed by atoms with van der Waals surface area (Å²) in [5.74, 6) is -0.775. The Kier molecular flexibility index (Phi) is 4.47. The van der Waals surface area contributed by atoms with E-state index in [2.05, 4.69) is 4.98 Å². The van der Waals surface area contributed by atoms with Gasteiger partial charge in [0.15, 0.2) is 0 Å². The average Bonchev–Trinajstić information content (AvgIpc) is 3.17. The minimum Gasteiger partial charge on any atom is -0.480 e. The SMILES string of the molecule is CC1CCN(C(=O)Cc2csc(-c3ccoc3)n2)C(C(=O)O)C1. The molecule has 3 rings (SSSR count). The van der Waals surface area contributed by atoms with E-state index in [0.717, 1.165) is 17.0 Å². The lowest BCUT2D eigenvalue weighted by molar-refractivity contribution is -0.152.